The molecule has 0 saturated carbocycles. The number of nitrogens with zero attached hydrogens (tertiary/aromatic N) is 1. The highest BCUT2D eigenvalue weighted by molar-refractivity contribution is 7.91. The van der Waals surface area contributed by atoms with Crippen LogP contribution >= 0.6 is 11.6 Å². The largest absolute Gasteiger partial charge is 0.274 e. The second-order valence-electron chi connectivity index (χ2n) is 4.79. The van der Waals surface area contributed by atoms with Crippen LogP contribution in [-0.2, 0) is 9.84 Å². The Bertz CT molecular complexity index is 586. The number of sulfone groups is 1. The zero-order valence-electron chi connectivity index (χ0n) is 11.2. The van der Waals surface area contributed by atoms with Gasteiger partial charge in [-0.2, -0.15) is 0 Å². The first-order chi connectivity index (χ1) is 9.41. The molecule has 1 N–H and O–H groups in total. The summed E-state index contributed by atoms with van der Waals surface area (Å²) < 4.78 is 22.9. The van der Waals surface area contributed by atoms with Gasteiger partial charge in [-0.1, -0.05) is 11.6 Å². The molecule has 110 valence electrons. The third-order valence-electron chi connectivity index (χ3n) is 3.22. The maximum Gasteiger partial charge on any atom is 0.267 e. The molecule has 0 spiro atoms. The minimum absolute atomic E-state index is 0.0808. The summed E-state index contributed by atoms with van der Waals surface area (Å²) in [5.74, 6) is 0.0721. The first-order valence-electron chi connectivity index (χ1n) is 6.45. The van der Waals surface area contributed by atoms with Gasteiger partial charge in [-0.05, 0) is 37.6 Å². The Balaban J connectivity index is 2.05. The molecule has 1 aromatic rings. The second-order valence-corrected chi connectivity index (χ2v) is 7.45. The molecule has 1 aliphatic rings. The SMILES string of the molecule is CCN(NC1CCS(=O)(=O)C1)C(=O)c1ccc(Cl)cc1. The first-order valence-corrected chi connectivity index (χ1v) is 8.65. The Morgan fingerprint density at radius 1 is 1.40 bits per heavy atom. The van der Waals surface area contributed by atoms with Gasteiger partial charge in [0.15, 0.2) is 9.84 Å². The van der Waals surface area contributed by atoms with E-state index in [0.29, 0.717) is 23.6 Å². The zero-order chi connectivity index (χ0) is 14.8. The van der Waals surface area contributed by atoms with Crippen molar-refractivity contribution in [2.75, 3.05) is 18.1 Å². The summed E-state index contributed by atoms with van der Waals surface area (Å²) in [6.45, 7) is 2.29. The lowest BCUT2D eigenvalue weighted by atomic mass is 10.2. The van der Waals surface area contributed by atoms with Crippen LogP contribution in [0.2, 0.25) is 5.02 Å². The molecule has 1 unspecified atom stereocenters. The number of hydrogen-bond donors (Lipinski definition) is 1. The quantitative estimate of drug-likeness (QED) is 0.855. The number of carbonyl (C=O) groups excluding carboxylic acids is 1. The molecule has 1 fully saturated rings. The Hall–Kier alpha value is -1.11. The second kappa shape index (κ2) is 6.11. The third kappa shape index (κ3) is 3.71. The number of carbonyl (C=O) groups is 1. The van der Waals surface area contributed by atoms with E-state index < -0.39 is 9.84 Å². The molecule has 20 heavy (non-hydrogen) atoms. The normalized spacial score (nSPS) is 20.8. The molecule has 5 nitrogen and oxygen atoms in total. The molecule has 1 amide bonds. The highest BCUT2D eigenvalue weighted by Crippen LogP contribution is 2.14. The molecule has 1 atom stereocenters. The van der Waals surface area contributed by atoms with Crippen LogP contribution in [0.4, 0.5) is 0 Å². The molecule has 2 rings (SSSR count). The molecular weight excluding hydrogens is 300 g/mol. The van der Waals surface area contributed by atoms with Crippen LogP contribution in [0, 0.1) is 0 Å². The molecule has 1 aliphatic heterocycles. The molecule has 1 heterocycles. The summed E-state index contributed by atoms with van der Waals surface area (Å²) in [4.78, 5) is 12.3. The van der Waals surface area contributed by atoms with Crippen molar-refractivity contribution >= 4 is 27.3 Å². The minimum Gasteiger partial charge on any atom is -0.274 e. The molecule has 0 bridgehead atoms. The molecular formula is C13H17ClN2O3S. The van der Waals surface area contributed by atoms with Crippen LogP contribution < -0.4 is 5.43 Å². The predicted octanol–water partition coefficient (Wildman–Crippen LogP) is 1.49. The minimum atomic E-state index is -2.96. The van der Waals surface area contributed by atoms with Crippen molar-refractivity contribution in [2.24, 2.45) is 0 Å². The van der Waals surface area contributed by atoms with Crippen molar-refractivity contribution in [1.29, 1.82) is 0 Å². The van der Waals surface area contributed by atoms with Gasteiger partial charge < -0.3 is 0 Å². The van der Waals surface area contributed by atoms with Crippen molar-refractivity contribution in [3.63, 3.8) is 0 Å². The number of hydrazine groups is 1. The zero-order valence-corrected chi connectivity index (χ0v) is 12.7. The van der Waals surface area contributed by atoms with E-state index in [1.54, 1.807) is 24.3 Å². The van der Waals surface area contributed by atoms with Crippen LogP contribution in [-0.4, -0.2) is 43.4 Å². The van der Waals surface area contributed by atoms with Crippen molar-refractivity contribution in [3.05, 3.63) is 34.9 Å². The molecule has 7 heteroatoms. The molecule has 1 saturated heterocycles. The molecule has 0 aliphatic carbocycles. The number of rotatable bonds is 4. The van der Waals surface area contributed by atoms with E-state index in [-0.39, 0.29) is 23.5 Å². The van der Waals surface area contributed by atoms with Gasteiger partial charge >= 0.3 is 0 Å². The van der Waals surface area contributed by atoms with E-state index in [2.05, 4.69) is 5.43 Å². The number of benzene rings is 1. The van der Waals surface area contributed by atoms with E-state index in [1.165, 1.54) is 5.01 Å². The van der Waals surface area contributed by atoms with Crippen molar-refractivity contribution in [2.45, 2.75) is 19.4 Å². The summed E-state index contributed by atoms with van der Waals surface area (Å²) in [5.41, 5.74) is 3.52. The topological polar surface area (TPSA) is 66.5 Å². The lowest BCUT2D eigenvalue weighted by molar-refractivity contribution is 0.0641. The molecule has 1 aromatic carbocycles. The van der Waals surface area contributed by atoms with Gasteiger partial charge in [0.2, 0.25) is 0 Å². The Morgan fingerprint density at radius 2 is 2.05 bits per heavy atom. The summed E-state index contributed by atoms with van der Waals surface area (Å²) >= 11 is 5.79. The van der Waals surface area contributed by atoms with E-state index in [0.717, 1.165) is 0 Å². The molecule has 0 radical (unpaired) electrons. The van der Waals surface area contributed by atoms with E-state index in [9.17, 15) is 13.2 Å². The number of hydrogen-bond acceptors (Lipinski definition) is 4. The highest BCUT2D eigenvalue weighted by Gasteiger charge is 2.30. The van der Waals surface area contributed by atoms with Crippen molar-refractivity contribution in [1.82, 2.24) is 10.4 Å². The number of halogens is 1. The lowest BCUT2D eigenvalue weighted by Crippen LogP contribution is -2.48. The summed E-state index contributed by atoms with van der Waals surface area (Å²) in [6, 6.07) is 6.42. The van der Waals surface area contributed by atoms with E-state index >= 15 is 0 Å². The monoisotopic (exact) mass is 316 g/mol. The van der Waals surface area contributed by atoms with Gasteiger partial charge in [-0.15, -0.1) is 0 Å². The van der Waals surface area contributed by atoms with Crippen LogP contribution in [0.1, 0.15) is 23.7 Å². The van der Waals surface area contributed by atoms with Crippen molar-refractivity contribution in [3.8, 4) is 0 Å². The van der Waals surface area contributed by atoms with Crippen LogP contribution in [0.15, 0.2) is 24.3 Å². The fourth-order valence-electron chi connectivity index (χ4n) is 2.16. The van der Waals surface area contributed by atoms with E-state index in [4.69, 9.17) is 11.6 Å². The maximum atomic E-state index is 12.3. The standard InChI is InChI=1S/C13H17ClN2O3S/c1-2-16(15-12-7-8-20(18,19)9-12)13(17)10-3-5-11(14)6-4-10/h3-6,12,15H,2,7-9H2,1H3. The van der Waals surface area contributed by atoms with Crippen LogP contribution in [0.25, 0.3) is 0 Å². The van der Waals surface area contributed by atoms with E-state index in [1.807, 2.05) is 6.92 Å². The number of amides is 1. The predicted molar refractivity (Wildman–Crippen MR) is 78.4 cm³/mol. The highest BCUT2D eigenvalue weighted by atomic mass is 35.5. The maximum absolute atomic E-state index is 12.3. The summed E-state index contributed by atoms with van der Waals surface area (Å²) in [5, 5.41) is 2.02. The average Bonchev–Trinajstić information content (AvgIpc) is 2.75. The fourth-order valence-corrected chi connectivity index (χ4v) is 3.95. The first kappa shape index (κ1) is 15.3. The third-order valence-corrected chi connectivity index (χ3v) is 5.24. The Labute approximate surface area is 123 Å². The van der Waals surface area contributed by atoms with Gasteiger partial charge in [-0.3, -0.25) is 9.80 Å². The van der Waals surface area contributed by atoms with Crippen molar-refractivity contribution < 1.29 is 13.2 Å². The average molecular weight is 317 g/mol. The van der Waals surface area contributed by atoms with Gasteiger partial charge in [-0.25, -0.2) is 13.8 Å². The van der Waals surface area contributed by atoms with Gasteiger partial charge in [0.1, 0.15) is 0 Å². The van der Waals surface area contributed by atoms with Gasteiger partial charge in [0.05, 0.1) is 11.5 Å². The number of nitrogens with one attached hydrogen (secondary N) is 1. The Morgan fingerprint density at radius 3 is 2.55 bits per heavy atom. The Kier molecular flexibility index (Phi) is 4.67. The van der Waals surface area contributed by atoms with Crippen LogP contribution in [0.3, 0.4) is 0 Å². The smallest absolute Gasteiger partial charge is 0.267 e. The van der Waals surface area contributed by atoms with Gasteiger partial charge in [0.25, 0.3) is 5.91 Å². The summed E-state index contributed by atoms with van der Waals surface area (Å²) in [7, 11) is -2.96. The van der Waals surface area contributed by atoms with Gasteiger partial charge in [0, 0.05) is 23.2 Å². The lowest BCUT2D eigenvalue weighted by Gasteiger charge is -2.25. The summed E-state index contributed by atoms with van der Waals surface area (Å²) in [6.07, 6.45) is 0.534. The molecule has 0 aromatic heterocycles. The van der Waals surface area contributed by atoms with Crippen LogP contribution in [0.5, 0.6) is 0 Å². The fraction of sp³-hybridized carbons (Fsp3) is 0.462.